The average Bonchev–Trinajstić information content (AvgIpc) is 3.17. The van der Waals surface area contributed by atoms with Crippen LogP contribution in [0.2, 0.25) is 0 Å². The number of hydrogen-bond acceptors (Lipinski definition) is 6. The standard InChI is InChI=1S/C21H23N3O3S/c1-3-27-15-8-9-17-19(14-15)28-21(22-17)24-12-10-23(11-13-24)20(25)16-6-4-5-7-18(16)26-2/h4-9,14H,3,10-13H2,1-2H3. The number of amides is 1. The van der Waals surface area contributed by atoms with Crippen LogP contribution in [0.1, 0.15) is 17.3 Å². The number of methoxy groups -OCH3 is 1. The van der Waals surface area contributed by atoms with Gasteiger partial charge in [-0.1, -0.05) is 23.5 Å². The lowest BCUT2D eigenvalue weighted by Gasteiger charge is -2.34. The van der Waals surface area contributed by atoms with Crippen molar-refractivity contribution in [2.24, 2.45) is 0 Å². The Hall–Kier alpha value is -2.80. The average molecular weight is 398 g/mol. The number of piperazine rings is 1. The fraction of sp³-hybridized carbons (Fsp3) is 0.333. The third kappa shape index (κ3) is 3.62. The first-order valence-corrected chi connectivity index (χ1v) is 10.2. The molecule has 0 saturated carbocycles. The SMILES string of the molecule is CCOc1ccc2nc(N3CCN(C(=O)c4ccccc4OC)CC3)sc2c1. The normalized spacial score (nSPS) is 14.4. The van der Waals surface area contributed by atoms with E-state index >= 15 is 0 Å². The van der Waals surface area contributed by atoms with Crippen LogP contribution >= 0.6 is 11.3 Å². The minimum atomic E-state index is 0.0164. The van der Waals surface area contributed by atoms with Crippen molar-refractivity contribution in [1.82, 2.24) is 9.88 Å². The Balaban J connectivity index is 1.45. The maximum Gasteiger partial charge on any atom is 0.257 e. The number of ether oxygens (including phenoxy) is 2. The summed E-state index contributed by atoms with van der Waals surface area (Å²) in [5, 5.41) is 0.994. The Labute approximate surface area is 168 Å². The second-order valence-electron chi connectivity index (χ2n) is 6.54. The number of nitrogens with zero attached hydrogens (tertiary/aromatic N) is 3. The number of aromatic nitrogens is 1. The molecular formula is C21H23N3O3S. The van der Waals surface area contributed by atoms with E-state index in [-0.39, 0.29) is 5.91 Å². The van der Waals surface area contributed by atoms with E-state index in [1.54, 1.807) is 18.4 Å². The molecule has 1 aromatic heterocycles. The molecule has 7 heteroatoms. The van der Waals surface area contributed by atoms with E-state index in [0.29, 0.717) is 31.0 Å². The molecule has 1 fully saturated rings. The molecule has 0 unspecified atom stereocenters. The molecule has 0 radical (unpaired) electrons. The zero-order valence-electron chi connectivity index (χ0n) is 16.1. The molecule has 6 nitrogen and oxygen atoms in total. The maximum absolute atomic E-state index is 12.9. The number of fused-ring (bicyclic) bond motifs is 1. The third-order valence-electron chi connectivity index (χ3n) is 4.83. The first-order valence-electron chi connectivity index (χ1n) is 9.40. The molecule has 0 N–H and O–H groups in total. The second-order valence-corrected chi connectivity index (χ2v) is 7.55. The van der Waals surface area contributed by atoms with Gasteiger partial charge < -0.3 is 19.3 Å². The van der Waals surface area contributed by atoms with Gasteiger partial charge >= 0.3 is 0 Å². The van der Waals surface area contributed by atoms with Crippen LogP contribution in [0.3, 0.4) is 0 Å². The van der Waals surface area contributed by atoms with Crippen LogP contribution in [0.25, 0.3) is 10.2 Å². The molecular weight excluding hydrogens is 374 g/mol. The molecule has 146 valence electrons. The summed E-state index contributed by atoms with van der Waals surface area (Å²) in [7, 11) is 1.59. The Morgan fingerprint density at radius 2 is 1.93 bits per heavy atom. The molecule has 1 aliphatic rings. The van der Waals surface area contributed by atoms with Gasteiger partial charge in [0.2, 0.25) is 0 Å². The van der Waals surface area contributed by atoms with Crippen LogP contribution in [0.15, 0.2) is 42.5 Å². The van der Waals surface area contributed by atoms with Gasteiger partial charge in [0.05, 0.1) is 29.5 Å². The van der Waals surface area contributed by atoms with E-state index in [2.05, 4.69) is 4.90 Å². The number of benzene rings is 2. The molecule has 0 atom stereocenters. The van der Waals surface area contributed by atoms with Crippen molar-refractivity contribution in [3.05, 3.63) is 48.0 Å². The van der Waals surface area contributed by atoms with Crippen molar-refractivity contribution in [3.8, 4) is 11.5 Å². The monoisotopic (exact) mass is 397 g/mol. The number of carbonyl (C=O) groups is 1. The summed E-state index contributed by atoms with van der Waals surface area (Å²) < 4.78 is 12.0. The maximum atomic E-state index is 12.9. The van der Waals surface area contributed by atoms with Crippen LogP contribution in [-0.4, -0.2) is 55.7 Å². The Kier molecular flexibility index (Phi) is 5.34. The summed E-state index contributed by atoms with van der Waals surface area (Å²) in [5.41, 5.74) is 1.60. The first-order chi connectivity index (χ1) is 13.7. The van der Waals surface area contributed by atoms with Crippen molar-refractivity contribution in [1.29, 1.82) is 0 Å². The zero-order valence-corrected chi connectivity index (χ0v) is 16.9. The molecule has 4 rings (SSSR count). The van der Waals surface area contributed by atoms with Crippen molar-refractivity contribution in [2.75, 3.05) is 44.8 Å². The van der Waals surface area contributed by atoms with Crippen molar-refractivity contribution in [3.63, 3.8) is 0 Å². The fourth-order valence-corrected chi connectivity index (χ4v) is 4.42. The van der Waals surface area contributed by atoms with Crippen molar-refractivity contribution in [2.45, 2.75) is 6.92 Å². The van der Waals surface area contributed by atoms with Crippen molar-refractivity contribution >= 4 is 32.6 Å². The lowest BCUT2D eigenvalue weighted by molar-refractivity contribution is 0.0743. The summed E-state index contributed by atoms with van der Waals surface area (Å²) in [6, 6.07) is 13.4. The van der Waals surface area contributed by atoms with Crippen LogP contribution < -0.4 is 14.4 Å². The molecule has 1 saturated heterocycles. The molecule has 1 amide bonds. The number of rotatable bonds is 5. The second kappa shape index (κ2) is 8.06. The fourth-order valence-electron chi connectivity index (χ4n) is 3.38. The van der Waals surface area contributed by atoms with Gasteiger partial charge in [-0.25, -0.2) is 4.98 Å². The lowest BCUT2D eigenvalue weighted by Crippen LogP contribution is -2.48. The van der Waals surface area contributed by atoms with Crippen molar-refractivity contribution < 1.29 is 14.3 Å². The predicted octanol–water partition coefficient (Wildman–Crippen LogP) is 3.67. The zero-order chi connectivity index (χ0) is 19.5. The van der Waals surface area contributed by atoms with E-state index in [4.69, 9.17) is 14.5 Å². The van der Waals surface area contributed by atoms with Crippen LogP contribution in [0.4, 0.5) is 5.13 Å². The van der Waals surface area contributed by atoms with Gasteiger partial charge in [-0.3, -0.25) is 4.79 Å². The summed E-state index contributed by atoms with van der Waals surface area (Å²) in [4.78, 5) is 21.8. The molecule has 1 aliphatic heterocycles. The highest BCUT2D eigenvalue weighted by Crippen LogP contribution is 2.32. The van der Waals surface area contributed by atoms with E-state index < -0.39 is 0 Å². The van der Waals surface area contributed by atoms with Gasteiger partial charge in [-0.05, 0) is 37.3 Å². The Bertz CT molecular complexity index is 980. The highest BCUT2D eigenvalue weighted by Gasteiger charge is 2.25. The van der Waals surface area contributed by atoms with Crippen LogP contribution in [0.5, 0.6) is 11.5 Å². The van der Waals surface area contributed by atoms with E-state index in [9.17, 15) is 4.79 Å². The number of carbonyl (C=O) groups excluding carboxylic acids is 1. The smallest absolute Gasteiger partial charge is 0.257 e. The minimum absolute atomic E-state index is 0.0164. The third-order valence-corrected chi connectivity index (χ3v) is 5.91. The largest absolute Gasteiger partial charge is 0.496 e. The molecule has 0 aliphatic carbocycles. The van der Waals surface area contributed by atoms with Gasteiger partial charge in [0, 0.05) is 26.2 Å². The van der Waals surface area contributed by atoms with Gasteiger partial charge in [0.25, 0.3) is 5.91 Å². The molecule has 2 heterocycles. The van der Waals surface area contributed by atoms with Gasteiger partial charge in [-0.15, -0.1) is 0 Å². The Morgan fingerprint density at radius 3 is 2.68 bits per heavy atom. The number of para-hydroxylation sites is 1. The lowest BCUT2D eigenvalue weighted by atomic mass is 10.1. The predicted molar refractivity (Wildman–Crippen MR) is 112 cm³/mol. The summed E-state index contributed by atoms with van der Waals surface area (Å²) >= 11 is 1.67. The van der Waals surface area contributed by atoms with Gasteiger partial charge in [0.15, 0.2) is 5.13 Å². The quantitative estimate of drug-likeness (QED) is 0.658. The highest BCUT2D eigenvalue weighted by molar-refractivity contribution is 7.22. The molecule has 2 aromatic carbocycles. The topological polar surface area (TPSA) is 54.9 Å². The summed E-state index contributed by atoms with van der Waals surface area (Å²) in [6.07, 6.45) is 0. The van der Waals surface area contributed by atoms with E-state index in [1.165, 1.54) is 0 Å². The molecule has 28 heavy (non-hydrogen) atoms. The number of hydrogen-bond donors (Lipinski definition) is 0. The number of anilines is 1. The van der Waals surface area contributed by atoms with Gasteiger partial charge in [0.1, 0.15) is 11.5 Å². The van der Waals surface area contributed by atoms with Gasteiger partial charge in [-0.2, -0.15) is 0 Å². The Morgan fingerprint density at radius 1 is 1.14 bits per heavy atom. The van der Waals surface area contributed by atoms with Crippen LogP contribution in [0, 0.1) is 0 Å². The van der Waals surface area contributed by atoms with E-state index in [1.807, 2.05) is 54.3 Å². The number of thiazole rings is 1. The van der Waals surface area contributed by atoms with Crippen LogP contribution in [-0.2, 0) is 0 Å². The molecule has 0 spiro atoms. The summed E-state index contributed by atoms with van der Waals surface area (Å²) in [6.45, 7) is 5.49. The highest BCUT2D eigenvalue weighted by atomic mass is 32.1. The summed E-state index contributed by atoms with van der Waals surface area (Å²) in [5.74, 6) is 1.51. The molecule has 0 bridgehead atoms. The first kappa shape index (κ1) is 18.6. The molecule has 3 aromatic rings. The van der Waals surface area contributed by atoms with E-state index in [0.717, 1.165) is 34.2 Å². The minimum Gasteiger partial charge on any atom is -0.496 e.